The fourth-order valence-electron chi connectivity index (χ4n) is 5.63. The van der Waals surface area contributed by atoms with E-state index in [1.165, 1.54) is 0 Å². The molecule has 2 atom stereocenters. The number of piperidine rings is 1. The quantitative estimate of drug-likeness (QED) is 0.715. The first kappa shape index (κ1) is 17.5. The van der Waals surface area contributed by atoms with E-state index in [9.17, 15) is 18.0 Å². The molecule has 0 bridgehead atoms. The normalized spacial score (nSPS) is 37.0. The molecule has 2 unspecified atom stereocenters. The number of carbonyl (C=O) groups is 2. The Morgan fingerprint density at radius 3 is 1.88 bits per heavy atom. The van der Waals surface area contributed by atoms with Crippen molar-refractivity contribution >= 4 is 21.9 Å². The third-order valence-electron chi connectivity index (χ3n) is 6.83. The predicted molar refractivity (Wildman–Crippen MR) is 90.4 cm³/mol. The number of nitrogens with zero attached hydrogens (tertiary/aromatic N) is 1. The Labute approximate surface area is 149 Å². The van der Waals surface area contributed by atoms with Crippen molar-refractivity contribution in [3.8, 4) is 0 Å². The van der Waals surface area contributed by atoms with E-state index in [1.807, 2.05) is 0 Å². The van der Waals surface area contributed by atoms with Gasteiger partial charge in [-0.25, -0.2) is 0 Å². The Hall–Kier alpha value is -0.950. The number of imide groups is 1. The second kappa shape index (κ2) is 6.65. The zero-order chi connectivity index (χ0) is 17.6. The van der Waals surface area contributed by atoms with Crippen molar-refractivity contribution in [2.75, 3.05) is 0 Å². The van der Waals surface area contributed by atoms with E-state index >= 15 is 0 Å². The zero-order valence-electron chi connectivity index (χ0n) is 14.6. The molecule has 0 spiro atoms. The van der Waals surface area contributed by atoms with Crippen LogP contribution in [0.1, 0.15) is 70.6 Å². The van der Waals surface area contributed by atoms with Crippen LogP contribution in [-0.2, 0) is 24.0 Å². The number of hydrogen-bond donors (Lipinski definition) is 0. The molecule has 0 radical (unpaired) electrons. The molecule has 0 N–H and O–H groups in total. The summed E-state index contributed by atoms with van der Waals surface area (Å²) in [5.74, 6) is -0.802. The Balaban J connectivity index is 1.57. The molecule has 1 aliphatic heterocycles. The first-order chi connectivity index (χ1) is 12.0. The molecule has 3 aliphatic carbocycles. The molecule has 0 aromatic rings. The summed E-state index contributed by atoms with van der Waals surface area (Å²) >= 11 is 0. The number of rotatable bonds is 3. The molecule has 4 rings (SSSR count). The van der Waals surface area contributed by atoms with E-state index in [4.69, 9.17) is 4.28 Å². The van der Waals surface area contributed by atoms with Gasteiger partial charge in [0.2, 0.25) is 0 Å². The SMILES string of the molecule is O=C1C2CCCC3CCCC(C(=O)N1OS(=O)(=O)C1CCCCC1)C32. The first-order valence-corrected chi connectivity index (χ1v) is 11.3. The Morgan fingerprint density at radius 1 is 0.760 bits per heavy atom. The van der Waals surface area contributed by atoms with Crippen LogP contribution in [-0.4, -0.2) is 30.5 Å². The monoisotopic (exact) mass is 369 g/mol. The van der Waals surface area contributed by atoms with Gasteiger partial charge in [-0.1, -0.05) is 44.9 Å². The Morgan fingerprint density at radius 2 is 1.32 bits per heavy atom. The van der Waals surface area contributed by atoms with Gasteiger partial charge in [-0.3, -0.25) is 9.59 Å². The van der Waals surface area contributed by atoms with Gasteiger partial charge in [0.25, 0.3) is 21.9 Å². The highest BCUT2D eigenvalue weighted by Gasteiger charge is 2.55. The van der Waals surface area contributed by atoms with Gasteiger partial charge in [-0.15, -0.1) is 9.35 Å². The number of hydroxylamine groups is 2. The van der Waals surface area contributed by atoms with Gasteiger partial charge < -0.3 is 0 Å². The number of hydrogen-bond acceptors (Lipinski definition) is 5. The molecular weight excluding hydrogens is 342 g/mol. The van der Waals surface area contributed by atoms with E-state index in [0.29, 0.717) is 23.8 Å². The highest BCUT2D eigenvalue weighted by Crippen LogP contribution is 2.50. The van der Waals surface area contributed by atoms with Crippen LogP contribution in [0.4, 0.5) is 0 Å². The average molecular weight is 369 g/mol. The lowest BCUT2D eigenvalue weighted by molar-refractivity contribution is -0.194. The van der Waals surface area contributed by atoms with E-state index in [-0.39, 0.29) is 17.8 Å². The third kappa shape index (κ3) is 3.03. The second-order valence-corrected chi connectivity index (χ2v) is 10.0. The highest BCUT2D eigenvalue weighted by molar-refractivity contribution is 7.87. The van der Waals surface area contributed by atoms with Crippen LogP contribution in [0.3, 0.4) is 0 Å². The van der Waals surface area contributed by atoms with Crippen molar-refractivity contribution in [1.29, 1.82) is 0 Å². The van der Waals surface area contributed by atoms with Crippen LogP contribution in [0.15, 0.2) is 0 Å². The van der Waals surface area contributed by atoms with Crippen LogP contribution in [0.25, 0.3) is 0 Å². The van der Waals surface area contributed by atoms with Gasteiger partial charge in [0.15, 0.2) is 0 Å². The lowest BCUT2D eigenvalue weighted by atomic mass is 9.59. The standard InChI is InChI=1S/C18H27NO5S/c20-17-14-10-4-6-12-7-5-11-15(16(12)14)18(21)19(17)24-25(22,23)13-8-2-1-3-9-13/h12-16H,1-11H2. The van der Waals surface area contributed by atoms with Crippen LogP contribution in [0.2, 0.25) is 0 Å². The highest BCUT2D eigenvalue weighted by atomic mass is 32.2. The molecule has 4 fully saturated rings. The molecule has 7 heteroatoms. The molecule has 1 heterocycles. The number of amides is 2. The van der Waals surface area contributed by atoms with Crippen molar-refractivity contribution in [2.24, 2.45) is 23.7 Å². The summed E-state index contributed by atoms with van der Waals surface area (Å²) in [6.07, 6.45) is 9.43. The van der Waals surface area contributed by atoms with Crippen molar-refractivity contribution in [1.82, 2.24) is 5.06 Å². The lowest BCUT2D eigenvalue weighted by Crippen LogP contribution is -2.58. The summed E-state index contributed by atoms with van der Waals surface area (Å²) in [7, 11) is -3.93. The molecule has 4 aliphatic rings. The number of carbonyl (C=O) groups excluding carboxylic acids is 2. The van der Waals surface area contributed by atoms with Gasteiger partial charge in [0.1, 0.15) is 0 Å². The molecule has 6 nitrogen and oxygen atoms in total. The van der Waals surface area contributed by atoms with Crippen LogP contribution >= 0.6 is 0 Å². The molecule has 3 saturated carbocycles. The molecular formula is C18H27NO5S. The maximum atomic E-state index is 12.9. The third-order valence-corrected chi connectivity index (χ3v) is 8.47. The van der Waals surface area contributed by atoms with Gasteiger partial charge in [0.05, 0.1) is 5.25 Å². The minimum atomic E-state index is -3.93. The summed E-state index contributed by atoms with van der Waals surface area (Å²) in [6.45, 7) is 0. The minimum absolute atomic E-state index is 0.0970. The molecule has 1 saturated heterocycles. The topological polar surface area (TPSA) is 80.8 Å². The summed E-state index contributed by atoms with van der Waals surface area (Å²) in [4.78, 5) is 25.8. The zero-order valence-corrected chi connectivity index (χ0v) is 15.4. The maximum absolute atomic E-state index is 12.9. The molecule has 2 amide bonds. The van der Waals surface area contributed by atoms with Crippen LogP contribution in [0.5, 0.6) is 0 Å². The summed E-state index contributed by atoms with van der Waals surface area (Å²) in [5.41, 5.74) is 0. The molecule has 25 heavy (non-hydrogen) atoms. The van der Waals surface area contributed by atoms with E-state index in [2.05, 4.69) is 0 Å². The predicted octanol–water partition coefficient (Wildman–Crippen LogP) is 2.78. The van der Waals surface area contributed by atoms with Crippen molar-refractivity contribution < 1.29 is 22.3 Å². The van der Waals surface area contributed by atoms with Crippen molar-refractivity contribution in [2.45, 2.75) is 75.9 Å². The smallest absolute Gasteiger partial charge is 0.272 e. The average Bonchev–Trinajstić information content (AvgIpc) is 2.64. The largest absolute Gasteiger partial charge is 0.291 e. The minimum Gasteiger partial charge on any atom is -0.272 e. The lowest BCUT2D eigenvalue weighted by Gasteiger charge is -2.49. The molecule has 0 aromatic carbocycles. The van der Waals surface area contributed by atoms with Gasteiger partial charge in [-0.05, 0) is 37.5 Å². The summed E-state index contributed by atoms with van der Waals surface area (Å²) in [6, 6.07) is 0. The molecule has 0 aromatic heterocycles. The Kier molecular flexibility index (Phi) is 4.65. The summed E-state index contributed by atoms with van der Waals surface area (Å²) in [5, 5.41) is 0.0498. The Bertz CT molecular complexity index is 624. The van der Waals surface area contributed by atoms with Crippen molar-refractivity contribution in [3.05, 3.63) is 0 Å². The van der Waals surface area contributed by atoms with Gasteiger partial charge in [0, 0.05) is 11.8 Å². The van der Waals surface area contributed by atoms with Gasteiger partial charge in [-0.2, -0.15) is 8.42 Å². The van der Waals surface area contributed by atoms with E-state index < -0.39 is 27.2 Å². The van der Waals surface area contributed by atoms with E-state index in [0.717, 1.165) is 57.8 Å². The van der Waals surface area contributed by atoms with Crippen LogP contribution in [0, 0.1) is 23.7 Å². The maximum Gasteiger partial charge on any atom is 0.291 e. The molecule has 140 valence electrons. The van der Waals surface area contributed by atoms with Crippen LogP contribution < -0.4 is 0 Å². The fourth-order valence-corrected chi connectivity index (χ4v) is 7.02. The first-order valence-electron chi connectivity index (χ1n) is 9.80. The summed E-state index contributed by atoms with van der Waals surface area (Å²) < 4.78 is 30.4. The second-order valence-electron chi connectivity index (χ2n) is 8.21. The van der Waals surface area contributed by atoms with Crippen molar-refractivity contribution in [3.63, 3.8) is 0 Å². The fraction of sp³-hybridized carbons (Fsp3) is 0.889. The van der Waals surface area contributed by atoms with E-state index in [1.54, 1.807) is 0 Å². The van der Waals surface area contributed by atoms with Gasteiger partial charge >= 0.3 is 0 Å².